The van der Waals surface area contributed by atoms with Crippen LogP contribution in [0, 0.1) is 5.92 Å². The molecule has 0 bridgehead atoms. The van der Waals surface area contributed by atoms with Crippen molar-refractivity contribution >= 4 is 34.0 Å². The molecule has 0 aliphatic carbocycles. The highest BCUT2D eigenvalue weighted by Gasteiger charge is 2.22. The molecule has 2 aromatic carbocycles. The zero-order chi connectivity index (χ0) is 22.0. The molecule has 0 atom stereocenters. The Bertz CT molecular complexity index is 1150. The lowest BCUT2D eigenvalue weighted by Gasteiger charge is -2.21. The molecular weight excluding hydrogens is 404 g/mol. The first-order chi connectivity index (χ1) is 14.3. The third-order valence-corrected chi connectivity index (χ3v) is 5.12. The summed E-state index contributed by atoms with van der Waals surface area (Å²) in [5.41, 5.74) is 0.873. The third kappa shape index (κ3) is 4.14. The first-order valence-electron chi connectivity index (χ1n) is 9.59. The molecule has 0 N–H and O–H groups in total. The van der Waals surface area contributed by atoms with Crippen LogP contribution in [0.3, 0.4) is 0 Å². The summed E-state index contributed by atoms with van der Waals surface area (Å²) in [6.45, 7) is 4.53. The number of hydrogen-bond donors (Lipinski definition) is 0. The van der Waals surface area contributed by atoms with Gasteiger partial charge in [-0.05, 0) is 36.2 Å². The lowest BCUT2D eigenvalue weighted by molar-refractivity contribution is 0.0993. The molecule has 158 valence electrons. The van der Waals surface area contributed by atoms with Crippen molar-refractivity contribution in [1.82, 2.24) is 4.57 Å². The van der Waals surface area contributed by atoms with E-state index >= 15 is 0 Å². The Morgan fingerprint density at radius 3 is 2.30 bits per heavy atom. The summed E-state index contributed by atoms with van der Waals surface area (Å²) >= 11 is 6.10. The summed E-state index contributed by atoms with van der Waals surface area (Å²) in [5, 5.41) is 1.45. The van der Waals surface area contributed by atoms with E-state index in [0.29, 0.717) is 45.1 Å². The van der Waals surface area contributed by atoms with Crippen molar-refractivity contribution in [2.75, 3.05) is 26.2 Å². The van der Waals surface area contributed by atoms with Crippen molar-refractivity contribution in [2.24, 2.45) is 5.92 Å². The van der Waals surface area contributed by atoms with Crippen LogP contribution in [-0.4, -0.2) is 31.7 Å². The van der Waals surface area contributed by atoms with E-state index < -0.39 is 0 Å². The number of rotatable bonds is 6. The second kappa shape index (κ2) is 8.79. The molecule has 3 rings (SSSR count). The molecule has 0 aliphatic heterocycles. The fourth-order valence-electron chi connectivity index (χ4n) is 3.40. The van der Waals surface area contributed by atoms with Gasteiger partial charge in [-0.2, -0.15) is 0 Å². The molecule has 0 spiro atoms. The molecular formula is C23H25ClN2O4. The Hall–Kier alpha value is -2.99. The van der Waals surface area contributed by atoms with Crippen molar-refractivity contribution in [2.45, 2.75) is 20.4 Å². The van der Waals surface area contributed by atoms with Gasteiger partial charge in [0.2, 0.25) is 0 Å². The Morgan fingerprint density at radius 1 is 1.10 bits per heavy atom. The summed E-state index contributed by atoms with van der Waals surface area (Å²) < 4.78 is 12.3. The van der Waals surface area contributed by atoms with Gasteiger partial charge in [0.1, 0.15) is 0 Å². The number of anilines is 1. The van der Waals surface area contributed by atoms with Gasteiger partial charge in [-0.1, -0.05) is 31.5 Å². The van der Waals surface area contributed by atoms with Crippen molar-refractivity contribution in [1.29, 1.82) is 0 Å². The topological polar surface area (TPSA) is 60.8 Å². The van der Waals surface area contributed by atoms with Crippen LogP contribution in [0.2, 0.25) is 5.02 Å². The summed E-state index contributed by atoms with van der Waals surface area (Å²) in [5.74, 6) is 0.859. The maximum atomic E-state index is 13.5. The van der Waals surface area contributed by atoms with E-state index in [1.807, 2.05) is 13.8 Å². The van der Waals surface area contributed by atoms with Gasteiger partial charge in [-0.3, -0.25) is 9.59 Å². The highest BCUT2D eigenvalue weighted by atomic mass is 35.5. The molecule has 7 heteroatoms. The maximum absolute atomic E-state index is 13.5. The quantitative estimate of drug-likeness (QED) is 0.575. The highest BCUT2D eigenvalue weighted by molar-refractivity contribution is 6.31. The summed E-state index contributed by atoms with van der Waals surface area (Å²) in [4.78, 5) is 28.1. The molecule has 3 aromatic rings. The molecule has 0 aliphatic rings. The average molecular weight is 429 g/mol. The normalized spacial score (nSPS) is 11.0. The minimum absolute atomic E-state index is 0.179. The first kappa shape index (κ1) is 21.7. The zero-order valence-electron chi connectivity index (χ0n) is 17.7. The van der Waals surface area contributed by atoms with Crippen LogP contribution in [0.4, 0.5) is 5.69 Å². The fourth-order valence-corrected chi connectivity index (χ4v) is 3.58. The Labute approximate surface area is 180 Å². The number of halogens is 1. The second-order valence-electron chi connectivity index (χ2n) is 7.49. The number of aromatic nitrogens is 1. The van der Waals surface area contributed by atoms with Crippen LogP contribution in [-0.2, 0) is 6.54 Å². The molecule has 1 amide bonds. The predicted octanol–water partition coefficient (Wildman–Crippen LogP) is 4.60. The molecule has 0 saturated carbocycles. The number of benzene rings is 2. The molecule has 1 heterocycles. The Kier molecular flexibility index (Phi) is 6.37. The smallest absolute Gasteiger partial charge is 0.260 e. The predicted molar refractivity (Wildman–Crippen MR) is 120 cm³/mol. The molecule has 0 unspecified atom stereocenters. The van der Waals surface area contributed by atoms with Gasteiger partial charge < -0.3 is 18.9 Å². The number of carbonyl (C=O) groups excluding carboxylic acids is 1. The van der Waals surface area contributed by atoms with Gasteiger partial charge in [0.15, 0.2) is 11.5 Å². The number of fused-ring (bicyclic) bond motifs is 1. The van der Waals surface area contributed by atoms with E-state index in [4.69, 9.17) is 21.1 Å². The standard InChI is InChI=1S/C23H25ClN2O4/c1-14(2)12-26-13-19(22(27)25(3)16-8-6-7-15(24)9-16)17-10-20(29-4)21(30-5)11-18(17)23(26)28/h6-11,13-14H,12H2,1-5H3. The van der Waals surface area contributed by atoms with Gasteiger partial charge in [-0.15, -0.1) is 0 Å². The van der Waals surface area contributed by atoms with Crippen molar-refractivity contribution in [3.05, 3.63) is 63.5 Å². The lowest BCUT2D eigenvalue weighted by atomic mass is 10.0. The molecule has 0 saturated heterocycles. The number of hydrogen-bond acceptors (Lipinski definition) is 4. The molecule has 0 radical (unpaired) electrons. The summed E-state index contributed by atoms with van der Waals surface area (Å²) in [6, 6.07) is 10.4. The largest absolute Gasteiger partial charge is 0.493 e. The third-order valence-electron chi connectivity index (χ3n) is 4.88. The lowest BCUT2D eigenvalue weighted by Crippen LogP contribution is -2.30. The molecule has 6 nitrogen and oxygen atoms in total. The van der Waals surface area contributed by atoms with Gasteiger partial charge in [0.25, 0.3) is 11.5 Å². The van der Waals surface area contributed by atoms with E-state index in [1.54, 1.807) is 54.2 Å². The number of amides is 1. The van der Waals surface area contributed by atoms with E-state index in [0.717, 1.165) is 0 Å². The molecule has 0 fully saturated rings. The number of nitrogens with zero attached hydrogens (tertiary/aromatic N) is 2. The number of pyridine rings is 1. The first-order valence-corrected chi connectivity index (χ1v) is 9.97. The van der Waals surface area contributed by atoms with Gasteiger partial charge in [0.05, 0.1) is 25.2 Å². The summed E-state index contributed by atoms with van der Waals surface area (Å²) in [7, 11) is 4.71. The maximum Gasteiger partial charge on any atom is 0.260 e. The number of methoxy groups -OCH3 is 2. The SMILES string of the molecule is COc1cc2c(C(=O)N(C)c3cccc(Cl)c3)cn(CC(C)C)c(=O)c2cc1OC. The van der Waals surface area contributed by atoms with E-state index in [2.05, 4.69) is 0 Å². The Morgan fingerprint density at radius 2 is 1.73 bits per heavy atom. The second-order valence-corrected chi connectivity index (χ2v) is 7.93. The van der Waals surface area contributed by atoms with Crippen molar-refractivity contribution in [3.63, 3.8) is 0 Å². The monoisotopic (exact) mass is 428 g/mol. The van der Waals surface area contributed by atoms with E-state index in [9.17, 15) is 9.59 Å². The minimum atomic E-state index is -0.257. The molecule has 30 heavy (non-hydrogen) atoms. The van der Waals surface area contributed by atoms with Crippen LogP contribution in [0.25, 0.3) is 10.8 Å². The van der Waals surface area contributed by atoms with Gasteiger partial charge in [-0.25, -0.2) is 0 Å². The average Bonchev–Trinajstić information content (AvgIpc) is 2.73. The van der Waals surface area contributed by atoms with Crippen LogP contribution in [0.15, 0.2) is 47.4 Å². The zero-order valence-corrected chi connectivity index (χ0v) is 18.5. The van der Waals surface area contributed by atoms with Crippen molar-refractivity contribution in [3.8, 4) is 11.5 Å². The summed E-state index contributed by atoms with van der Waals surface area (Å²) in [6.07, 6.45) is 1.62. The van der Waals surface area contributed by atoms with Crippen LogP contribution < -0.4 is 19.9 Å². The Balaban J connectivity index is 2.26. The van der Waals surface area contributed by atoms with Crippen LogP contribution in [0.5, 0.6) is 11.5 Å². The highest BCUT2D eigenvalue weighted by Crippen LogP contribution is 2.33. The minimum Gasteiger partial charge on any atom is -0.493 e. The van der Waals surface area contributed by atoms with E-state index in [-0.39, 0.29) is 17.4 Å². The van der Waals surface area contributed by atoms with Crippen molar-refractivity contribution < 1.29 is 14.3 Å². The molecule has 1 aromatic heterocycles. The van der Waals surface area contributed by atoms with Crippen LogP contribution in [0.1, 0.15) is 24.2 Å². The fraction of sp³-hybridized carbons (Fsp3) is 0.304. The van der Waals surface area contributed by atoms with Crippen LogP contribution >= 0.6 is 11.6 Å². The van der Waals surface area contributed by atoms with Gasteiger partial charge >= 0.3 is 0 Å². The number of ether oxygens (including phenoxy) is 2. The van der Waals surface area contributed by atoms with E-state index in [1.165, 1.54) is 19.1 Å². The number of carbonyl (C=O) groups is 1. The van der Waals surface area contributed by atoms with Gasteiger partial charge in [0, 0.05) is 35.9 Å².